The van der Waals surface area contributed by atoms with Crippen molar-refractivity contribution in [3.63, 3.8) is 0 Å². The van der Waals surface area contributed by atoms with E-state index >= 15 is 0 Å². The van der Waals surface area contributed by atoms with Crippen LogP contribution in [-0.4, -0.2) is 9.38 Å². The van der Waals surface area contributed by atoms with Crippen LogP contribution in [0, 0.1) is 0 Å². The van der Waals surface area contributed by atoms with E-state index in [1.165, 1.54) is 16.2 Å². The molecule has 0 spiro atoms. The van der Waals surface area contributed by atoms with Gasteiger partial charge in [0.05, 0.1) is 16.6 Å². The van der Waals surface area contributed by atoms with E-state index < -0.39 is 0 Å². The summed E-state index contributed by atoms with van der Waals surface area (Å²) in [5.41, 5.74) is 4.26. The van der Waals surface area contributed by atoms with E-state index in [-0.39, 0.29) is 0 Å². The Balaban J connectivity index is 2.02. The number of pyridine rings is 1. The zero-order valence-corrected chi connectivity index (χ0v) is 14.5. The van der Waals surface area contributed by atoms with Crippen molar-refractivity contribution in [3.05, 3.63) is 83.9 Å². The van der Waals surface area contributed by atoms with Gasteiger partial charge in [-0.2, -0.15) is 0 Å². The summed E-state index contributed by atoms with van der Waals surface area (Å²) in [4.78, 5) is 4.92. The number of nitrogens with zero attached hydrogens (tertiary/aromatic N) is 2. The second-order valence-electron chi connectivity index (χ2n) is 6.67. The van der Waals surface area contributed by atoms with Crippen molar-refractivity contribution in [1.29, 1.82) is 0 Å². The van der Waals surface area contributed by atoms with Gasteiger partial charge in [0.25, 0.3) is 0 Å². The van der Waals surface area contributed by atoms with E-state index in [0.29, 0.717) is 0 Å². The summed E-state index contributed by atoms with van der Waals surface area (Å²) >= 11 is 6.34. The fourth-order valence-electron chi connectivity index (χ4n) is 4.01. The lowest BCUT2D eigenvalue weighted by molar-refractivity contribution is 1.32. The maximum absolute atomic E-state index is 6.34. The molecule has 0 N–H and O–H groups in total. The predicted octanol–water partition coefficient (Wildman–Crippen LogP) is 6.60. The molecule has 0 atom stereocenters. The molecule has 2 aromatic heterocycles. The lowest BCUT2D eigenvalue weighted by atomic mass is 10.0. The third kappa shape index (κ3) is 1.80. The first-order valence-corrected chi connectivity index (χ1v) is 8.98. The summed E-state index contributed by atoms with van der Waals surface area (Å²) in [7, 11) is 0. The quantitative estimate of drug-likeness (QED) is 0.222. The Kier molecular flexibility index (Phi) is 2.69. The standard InChI is InChI=1S/C23H13ClN2/c24-16-9-10-17-18(13-16)19-11-14-5-1-2-6-15(14)12-22(19)26-21-8-4-3-7-20(21)25-23(17)26/h1-13H. The molecule has 122 valence electrons. The number of fused-ring (bicyclic) bond motifs is 9. The van der Waals surface area contributed by atoms with Gasteiger partial charge in [-0.25, -0.2) is 4.98 Å². The second kappa shape index (κ2) is 4.96. The first kappa shape index (κ1) is 14.1. The molecule has 0 aliphatic heterocycles. The number of aromatic nitrogens is 2. The van der Waals surface area contributed by atoms with E-state index in [9.17, 15) is 0 Å². The van der Waals surface area contributed by atoms with Crippen molar-refractivity contribution in [2.75, 3.05) is 0 Å². The molecule has 0 saturated carbocycles. The van der Waals surface area contributed by atoms with Gasteiger partial charge in [-0.3, -0.25) is 4.40 Å². The summed E-state index contributed by atoms with van der Waals surface area (Å²) in [6, 6.07) is 27.3. The van der Waals surface area contributed by atoms with E-state index in [2.05, 4.69) is 65.1 Å². The molecule has 3 heteroatoms. The topological polar surface area (TPSA) is 17.3 Å². The second-order valence-corrected chi connectivity index (χ2v) is 7.10. The van der Waals surface area contributed by atoms with Crippen molar-refractivity contribution in [2.24, 2.45) is 0 Å². The number of hydrogen-bond donors (Lipinski definition) is 0. The molecule has 0 saturated heterocycles. The van der Waals surface area contributed by atoms with Crippen LogP contribution in [0.15, 0.2) is 78.9 Å². The van der Waals surface area contributed by atoms with Gasteiger partial charge in [0.2, 0.25) is 0 Å². The lowest BCUT2D eigenvalue weighted by Gasteiger charge is -2.11. The number of rotatable bonds is 0. The highest BCUT2D eigenvalue weighted by molar-refractivity contribution is 6.32. The predicted molar refractivity (Wildman–Crippen MR) is 110 cm³/mol. The molecule has 0 radical (unpaired) electrons. The summed E-state index contributed by atoms with van der Waals surface area (Å²) in [6.07, 6.45) is 0. The summed E-state index contributed by atoms with van der Waals surface area (Å²) < 4.78 is 2.27. The SMILES string of the molecule is Clc1ccc2c(c1)c1cc3ccccc3cc1n1c3ccccc3nc21. The van der Waals surface area contributed by atoms with E-state index in [1.54, 1.807) is 0 Å². The third-order valence-corrected chi connectivity index (χ3v) is 5.41. The summed E-state index contributed by atoms with van der Waals surface area (Å²) in [5.74, 6) is 0. The Morgan fingerprint density at radius 1 is 0.654 bits per heavy atom. The monoisotopic (exact) mass is 352 g/mol. The fourth-order valence-corrected chi connectivity index (χ4v) is 4.19. The molecule has 0 aliphatic rings. The maximum atomic E-state index is 6.34. The van der Waals surface area contributed by atoms with Crippen molar-refractivity contribution < 1.29 is 0 Å². The van der Waals surface area contributed by atoms with Crippen LogP contribution in [0.1, 0.15) is 0 Å². The molecule has 2 heterocycles. The van der Waals surface area contributed by atoms with Crippen molar-refractivity contribution in [3.8, 4) is 0 Å². The van der Waals surface area contributed by atoms with Crippen LogP contribution in [0.25, 0.3) is 49.1 Å². The minimum absolute atomic E-state index is 0.743. The van der Waals surface area contributed by atoms with Crippen LogP contribution >= 0.6 is 11.6 Å². The third-order valence-electron chi connectivity index (χ3n) is 5.18. The van der Waals surface area contributed by atoms with Gasteiger partial charge >= 0.3 is 0 Å². The molecule has 6 aromatic rings. The number of hydrogen-bond acceptors (Lipinski definition) is 1. The molecule has 2 nitrogen and oxygen atoms in total. The van der Waals surface area contributed by atoms with E-state index in [1.807, 2.05) is 18.2 Å². The molecular weight excluding hydrogens is 340 g/mol. The smallest absolute Gasteiger partial charge is 0.146 e. The molecule has 0 fully saturated rings. The summed E-state index contributed by atoms with van der Waals surface area (Å²) in [6.45, 7) is 0. The Morgan fingerprint density at radius 3 is 2.31 bits per heavy atom. The average molecular weight is 353 g/mol. The van der Waals surface area contributed by atoms with Crippen molar-refractivity contribution in [1.82, 2.24) is 9.38 Å². The first-order chi connectivity index (χ1) is 12.8. The highest BCUT2D eigenvalue weighted by Crippen LogP contribution is 2.35. The van der Waals surface area contributed by atoms with Gasteiger partial charge < -0.3 is 0 Å². The van der Waals surface area contributed by atoms with Crippen LogP contribution in [0.2, 0.25) is 5.02 Å². The van der Waals surface area contributed by atoms with Crippen LogP contribution in [0.5, 0.6) is 0 Å². The van der Waals surface area contributed by atoms with Crippen LogP contribution in [-0.2, 0) is 0 Å². The molecule has 0 amide bonds. The Hall–Kier alpha value is -3.10. The number of benzene rings is 4. The first-order valence-electron chi connectivity index (χ1n) is 8.60. The lowest BCUT2D eigenvalue weighted by Crippen LogP contribution is -1.92. The highest BCUT2D eigenvalue weighted by atomic mass is 35.5. The van der Waals surface area contributed by atoms with E-state index in [0.717, 1.165) is 38.0 Å². The van der Waals surface area contributed by atoms with Crippen LogP contribution in [0.4, 0.5) is 0 Å². The minimum Gasteiger partial charge on any atom is -0.292 e. The molecular formula is C23H13ClN2. The van der Waals surface area contributed by atoms with Gasteiger partial charge in [-0.05, 0) is 58.6 Å². The van der Waals surface area contributed by atoms with Gasteiger partial charge in [-0.15, -0.1) is 0 Å². The molecule has 0 bridgehead atoms. The molecule has 4 aromatic carbocycles. The number of para-hydroxylation sites is 2. The molecule has 6 rings (SSSR count). The Bertz CT molecular complexity index is 1490. The van der Waals surface area contributed by atoms with Crippen LogP contribution in [0.3, 0.4) is 0 Å². The van der Waals surface area contributed by atoms with Gasteiger partial charge in [-0.1, -0.05) is 48.0 Å². The maximum Gasteiger partial charge on any atom is 0.146 e. The van der Waals surface area contributed by atoms with Crippen molar-refractivity contribution in [2.45, 2.75) is 0 Å². The molecule has 26 heavy (non-hydrogen) atoms. The fraction of sp³-hybridized carbons (Fsp3) is 0. The average Bonchev–Trinajstić information content (AvgIpc) is 3.06. The minimum atomic E-state index is 0.743. The Labute approximate surface area is 154 Å². The largest absolute Gasteiger partial charge is 0.292 e. The normalized spacial score (nSPS) is 12.0. The van der Waals surface area contributed by atoms with Gasteiger partial charge in [0, 0.05) is 15.8 Å². The zero-order chi connectivity index (χ0) is 17.3. The van der Waals surface area contributed by atoms with Gasteiger partial charge in [0.15, 0.2) is 0 Å². The van der Waals surface area contributed by atoms with Gasteiger partial charge in [0.1, 0.15) is 5.65 Å². The number of imidazole rings is 1. The Morgan fingerprint density at radius 2 is 1.42 bits per heavy atom. The number of halogens is 1. The van der Waals surface area contributed by atoms with Crippen LogP contribution < -0.4 is 0 Å². The molecule has 0 aliphatic carbocycles. The van der Waals surface area contributed by atoms with Crippen molar-refractivity contribution >= 4 is 60.7 Å². The summed E-state index contributed by atoms with van der Waals surface area (Å²) in [5, 5.41) is 6.64. The van der Waals surface area contributed by atoms with E-state index in [4.69, 9.17) is 16.6 Å². The highest BCUT2D eigenvalue weighted by Gasteiger charge is 2.14. The molecule has 0 unspecified atom stereocenters. The zero-order valence-electron chi connectivity index (χ0n) is 13.8.